The van der Waals surface area contributed by atoms with E-state index in [0.29, 0.717) is 6.04 Å². The normalized spacial score (nSPS) is 24.7. The molecule has 2 aliphatic heterocycles. The first-order valence-corrected chi connectivity index (χ1v) is 10.3. The zero-order valence-corrected chi connectivity index (χ0v) is 16.3. The third kappa shape index (κ3) is 3.09. The van der Waals surface area contributed by atoms with Crippen LogP contribution in [0.15, 0.2) is 53.7 Å². The number of aromatic nitrogens is 1. The van der Waals surface area contributed by atoms with Crippen molar-refractivity contribution in [3.05, 3.63) is 59.9 Å². The van der Waals surface area contributed by atoms with Gasteiger partial charge in [-0.25, -0.2) is 0 Å². The molecular formula is C21H25N3OS. The van der Waals surface area contributed by atoms with Crippen molar-refractivity contribution in [2.45, 2.75) is 51.4 Å². The van der Waals surface area contributed by atoms with Gasteiger partial charge >= 0.3 is 0 Å². The third-order valence-corrected chi connectivity index (χ3v) is 6.06. The maximum atomic E-state index is 6.15. The zero-order chi connectivity index (χ0) is 18.1. The molecule has 4 rings (SSSR count). The Morgan fingerprint density at radius 2 is 2.00 bits per heavy atom. The molecule has 0 spiro atoms. The molecule has 0 N–H and O–H groups in total. The van der Waals surface area contributed by atoms with Gasteiger partial charge in [0.15, 0.2) is 5.17 Å². The number of benzene rings is 1. The molecule has 0 radical (unpaired) electrons. The van der Waals surface area contributed by atoms with Crippen molar-refractivity contribution in [2.75, 3.05) is 5.75 Å². The van der Waals surface area contributed by atoms with Gasteiger partial charge in [-0.3, -0.25) is 9.98 Å². The van der Waals surface area contributed by atoms with Gasteiger partial charge in [0, 0.05) is 23.6 Å². The summed E-state index contributed by atoms with van der Waals surface area (Å²) in [6, 6.07) is 15.1. The van der Waals surface area contributed by atoms with E-state index >= 15 is 0 Å². The predicted molar refractivity (Wildman–Crippen MR) is 108 cm³/mol. The number of aliphatic imine (C=N–C) groups is 1. The van der Waals surface area contributed by atoms with E-state index in [4.69, 9.17) is 9.73 Å². The Balaban J connectivity index is 1.80. The molecule has 3 heterocycles. The van der Waals surface area contributed by atoms with Gasteiger partial charge in [0.2, 0.25) is 0 Å². The smallest absolute Gasteiger partial charge is 0.160 e. The molecule has 2 aromatic rings. The van der Waals surface area contributed by atoms with E-state index in [2.05, 4.69) is 54.9 Å². The summed E-state index contributed by atoms with van der Waals surface area (Å²) >= 11 is 1.87. The predicted octanol–water partition coefficient (Wildman–Crippen LogP) is 4.85. The van der Waals surface area contributed by atoms with E-state index in [0.717, 1.165) is 28.8 Å². The van der Waals surface area contributed by atoms with Crippen molar-refractivity contribution in [3.8, 4) is 5.75 Å². The quantitative estimate of drug-likeness (QED) is 0.757. The molecule has 5 heteroatoms. The second-order valence-electron chi connectivity index (χ2n) is 7.04. The van der Waals surface area contributed by atoms with Gasteiger partial charge in [-0.05, 0) is 38.5 Å². The van der Waals surface area contributed by atoms with Crippen molar-refractivity contribution in [2.24, 2.45) is 4.99 Å². The number of hydrogen-bond acceptors (Lipinski definition) is 5. The summed E-state index contributed by atoms with van der Waals surface area (Å²) in [5.41, 5.74) is 2.23. The largest absolute Gasteiger partial charge is 0.491 e. The van der Waals surface area contributed by atoms with E-state index in [1.165, 1.54) is 5.56 Å². The second kappa shape index (κ2) is 7.31. The number of amidine groups is 1. The van der Waals surface area contributed by atoms with E-state index in [-0.39, 0.29) is 18.2 Å². The number of thioether (sulfide) groups is 1. The van der Waals surface area contributed by atoms with Crippen LogP contribution in [0.4, 0.5) is 0 Å². The number of nitrogens with zero attached hydrogens (tertiary/aromatic N) is 3. The highest BCUT2D eigenvalue weighted by molar-refractivity contribution is 8.14. The van der Waals surface area contributed by atoms with Gasteiger partial charge < -0.3 is 9.64 Å². The zero-order valence-electron chi connectivity index (χ0n) is 15.5. The first-order valence-electron chi connectivity index (χ1n) is 9.34. The molecule has 0 amide bonds. The van der Waals surface area contributed by atoms with Crippen LogP contribution in [0, 0.1) is 0 Å². The molecule has 3 unspecified atom stereocenters. The minimum atomic E-state index is 0.00459. The molecule has 1 saturated heterocycles. The highest BCUT2D eigenvalue weighted by Crippen LogP contribution is 2.50. The maximum absolute atomic E-state index is 6.15. The van der Waals surface area contributed by atoms with Gasteiger partial charge in [-0.2, -0.15) is 0 Å². The van der Waals surface area contributed by atoms with Crippen LogP contribution in [-0.4, -0.2) is 33.0 Å². The van der Waals surface area contributed by atoms with Crippen molar-refractivity contribution >= 4 is 16.9 Å². The fourth-order valence-electron chi connectivity index (χ4n) is 3.77. The number of rotatable bonds is 5. The molecule has 0 bridgehead atoms. The van der Waals surface area contributed by atoms with Crippen LogP contribution in [0.25, 0.3) is 0 Å². The van der Waals surface area contributed by atoms with Crippen LogP contribution >= 0.6 is 11.8 Å². The van der Waals surface area contributed by atoms with E-state index in [1.807, 2.05) is 36.2 Å². The molecule has 1 aromatic heterocycles. The minimum Gasteiger partial charge on any atom is -0.491 e. The standard InChI is InChI=1S/C21H25N3OS/c1-4-15-13-26-21-23-19(17-10-7-8-12-22-17)20(24(15)21)16-9-5-6-11-18(16)25-14(2)3/h5-12,14-15,19-20H,4,13H2,1-3H3. The lowest BCUT2D eigenvalue weighted by Gasteiger charge is -2.33. The Kier molecular flexibility index (Phi) is 4.90. The molecule has 1 fully saturated rings. The molecule has 3 atom stereocenters. The van der Waals surface area contributed by atoms with E-state index < -0.39 is 0 Å². The topological polar surface area (TPSA) is 37.7 Å². The van der Waals surface area contributed by atoms with E-state index in [1.54, 1.807) is 0 Å². The monoisotopic (exact) mass is 367 g/mol. The Hall–Kier alpha value is -2.01. The summed E-state index contributed by atoms with van der Waals surface area (Å²) in [5.74, 6) is 2.06. The van der Waals surface area contributed by atoms with Crippen molar-refractivity contribution in [3.63, 3.8) is 0 Å². The summed E-state index contributed by atoms with van der Waals surface area (Å²) in [4.78, 5) is 12.2. The van der Waals surface area contributed by atoms with Crippen LogP contribution in [0.5, 0.6) is 5.75 Å². The second-order valence-corrected chi connectivity index (χ2v) is 8.03. The summed E-state index contributed by atoms with van der Waals surface area (Å²) in [6.45, 7) is 6.41. The van der Waals surface area contributed by atoms with E-state index in [9.17, 15) is 0 Å². The minimum absolute atomic E-state index is 0.00459. The van der Waals surface area contributed by atoms with Gasteiger partial charge in [0.05, 0.1) is 17.8 Å². The third-order valence-electron chi connectivity index (χ3n) is 4.93. The number of fused-ring (bicyclic) bond motifs is 1. The Morgan fingerprint density at radius 1 is 1.19 bits per heavy atom. The lowest BCUT2D eigenvalue weighted by atomic mass is 9.94. The highest BCUT2D eigenvalue weighted by atomic mass is 32.2. The average Bonchev–Trinajstić information content (AvgIpc) is 3.21. The number of ether oxygens (including phenoxy) is 1. The molecule has 0 aliphatic carbocycles. The fourth-order valence-corrected chi connectivity index (χ4v) is 5.11. The van der Waals surface area contributed by atoms with Gasteiger partial charge in [0.1, 0.15) is 11.8 Å². The number of hydrogen-bond donors (Lipinski definition) is 0. The van der Waals surface area contributed by atoms with Gasteiger partial charge in [-0.15, -0.1) is 0 Å². The van der Waals surface area contributed by atoms with Crippen LogP contribution < -0.4 is 4.74 Å². The van der Waals surface area contributed by atoms with Crippen molar-refractivity contribution in [1.82, 2.24) is 9.88 Å². The van der Waals surface area contributed by atoms with Crippen LogP contribution in [-0.2, 0) is 0 Å². The van der Waals surface area contributed by atoms with Crippen molar-refractivity contribution < 1.29 is 4.74 Å². The highest BCUT2D eigenvalue weighted by Gasteiger charge is 2.46. The summed E-state index contributed by atoms with van der Waals surface area (Å²) in [7, 11) is 0. The first-order chi connectivity index (χ1) is 12.7. The summed E-state index contributed by atoms with van der Waals surface area (Å²) < 4.78 is 6.15. The van der Waals surface area contributed by atoms with Gasteiger partial charge in [-0.1, -0.05) is 43.0 Å². The summed E-state index contributed by atoms with van der Waals surface area (Å²) in [6.07, 6.45) is 3.11. The van der Waals surface area contributed by atoms with Crippen LogP contribution in [0.3, 0.4) is 0 Å². The molecule has 0 saturated carbocycles. The SMILES string of the molecule is CCC1CSC2=NC(c3ccccn3)C(c3ccccc3OC(C)C)N21. The van der Waals surface area contributed by atoms with Crippen molar-refractivity contribution in [1.29, 1.82) is 0 Å². The molecule has 136 valence electrons. The first kappa shape index (κ1) is 17.4. The van der Waals surface area contributed by atoms with Gasteiger partial charge in [0.25, 0.3) is 0 Å². The molecule has 2 aliphatic rings. The molecule has 1 aromatic carbocycles. The summed E-state index contributed by atoms with van der Waals surface area (Å²) in [5, 5.41) is 1.15. The molecule has 26 heavy (non-hydrogen) atoms. The Morgan fingerprint density at radius 3 is 2.73 bits per heavy atom. The number of para-hydroxylation sites is 1. The molecule has 4 nitrogen and oxygen atoms in total. The Bertz CT molecular complexity index is 793. The maximum Gasteiger partial charge on any atom is 0.160 e. The Labute approximate surface area is 159 Å². The lowest BCUT2D eigenvalue weighted by Crippen LogP contribution is -2.35. The molecular weight excluding hydrogens is 342 g/mol. The fraction of sp³-hybridized carbons (Fsp3) is 0.429. The number of pyridine rings is 1. The van der Waals surface area contributed by atoms with Crippen LogP contribution in [0.1, 0.15) is 50.5 Å². The van der Waals surface area contributed by atoms with Crippen LogP contribution in [0.2, 0.25) is 0 Å². The average molecular weight is 368 g/mol. The lowest BCUT2D eigenvalue weighted by molar-refractivity contribution is 0.218.